The van der Waals surface area contributed by atoms with Gasteiger partial charge >= 0.3 is 0 Å². The molecule has 1 aromatic carbocycles. The summed E-state index contributed by atoms with van der Waals surface area (Å²) in [6.07, 6.45) is 0.425. The Labute approximate surface area is 105 Å². The third-order valence-corrected chi connectivity index (χ3v) is 2.40. The van der Waals surface area contributed by atoms with E-state index >= 15 is 0 Å². The highest BCUT2D eigenvalue weighted by Crippen LogP contribution is 2.24. The van der Waals surface area contributed by atoms with Crippen LogP contribution in [-0.4, -0.2) is 27.3 Å². The average Bonchev–Trinajstić information content (AvgIpc) is 2.27. The lowest BCUT2D eigenvalue weighted by atomic mass is 10.1. The van der Waals surface area contributed by atoms with Crippen LogP contribution in [-0.2, 0) is 6.61 Å². The van der Waals surface area contributed by atoms with Crippen LogP contribution in [0, 0.1) is 10.1 Å². The molecule has 6 nitrogen and oxygen atoms in total. The fraction of sp³-hybridized carbons (Fsp3) is 0.500. The Morgan fingerprint density at radius 3 is 2.61 bits per heavy atom. The number of nitrogens with zero attached hydrogens (tertiary/aromatic N) is 1. The lowest BCUT2D eigenvalue weighted by Crippen LogP contribution is -2.22. The summed E-state index contributed by atoms with van der Waals surface area (Å²) in [5.74, 6) is 0.396. The van der Waals surface area contributed by atoms with Gasteiger partial charge in [0, 0.05) is 24.1 Å². The van der Waals surface area contributed by atoms with Crippen molar-refractivity contribution >= 4 is 5.69 Å². The largest absolute Gasteiger partial charge is 0.493 e. The van der Waals surface area contributed by atoms with Crippen molar-refractivity contribution in [3.05, 3.63) is 33.9 Å². The van der Waals surface area contributed by atoms with Gasteiger partial charge in [0.2, 0.25) is 0 Å². The molecule has 1 aromatic rings. The van der Waals surface area contributed by atoms with Gasteiger partial charge in [-0.2, -0.15) is 0 Å². The summed E-state index contributed by atoms with van der Waals surface area (Å²) in [6, 6.07) is 4.05. The van der Waals surface area contributed by atoms with E-state index in [1.54, 1.807) is 13.8 Å². The Morgan fingerprint density at radius 2 is 2.11 bits per heavy atom. The molecule has 1 rings (SSSR count). The first-order valence-corrected chi connectivity index (χ1v) is 5.57. The van der Waals surface area contributed by atoms with Gasteiger partial charge in [0.15, 0.2) is 0 Å². The molecule has 0 saturated carbocycles. The van der Waals surface area contributed by atoms with Crippen LogP contribution in [0.2, 0.25) is 0 Å². The van der Waals surface area contributed by atoms with E-state index in [0.29, 0.717) is 17.7 Å². The molecule has 0 saturated heterocycles. The molecule has 0 heterocycles. The number of ether oxygens (including phenoxy) is 1. The zero-order valence-corrected chi connectivity index (χ0v) is 10.4. The molecular weight excluding hydrogens is 238 g/mol. The highest BCUT2D eigenvalue weighted by molar-refractivity contribution is 5.43. The third-order valence-electron chi connectivity index (χ3n) is 2.40. The molecule has 0 fully saturated rings. The van der Waals surface area contributed by atoms with Gasteiger partial charge in [-0.15, -0.1) is 0 Å². The smallest absolute Gasteiger partial charge is 0.270 e. The Kier molecular flexibility index (Phi) is 4.63. The molecule has 0 unspecified atom stereocenters. The molecule has 100 valence electrons. The van der Waals surface area contributed by atoms with E-state index in [9.17, 15) is 15.2 Å². The molecule has 18 heavy (non-hydrogen) atoms. The monoisotopic (exact) mass is 255 g/mol. The van der Waals surface area contributed by atoms with Crippen LogP contribution in [0.15, 0.2) is 18.2 Å². The van der Waals surface area contributed by atoms with Crippen LogP contribution in [0.25, 0.3) is 0 Å². The van der Waals surface area contributed by atoms with Gasteiger partial charge in [-0.3, -0.25) is 10.1 Å². The third kappa shape index (κ3) is 4.31. The van der Waals surface area contributed by atoms with Crippen molar-refractivity contribution in [2.24, 2.45) is 0 Å². The summed E-state index contributed by atoms with van der Waals surface area (Å²) < 4.78 is 5.40. The molecule has 0 atom stereocenters. The van der Waals surface area contributed by atoms with Crippen LogP contribution in [0.4, 0.5) is 5.69 Å². The molecule has 0 aliphatic carbocycles. The summed E-state index contributed by atoms with van der Waals surface area (Å²) in [7, 11) is 0. The van der Waals surface area contributed by atoms with E-state index in [1.165, 1.54) is 18.2 Å². The van der Waals surface area contributed by atoms with E-state index in [1.807, 2.05) is 0 Å². The minimum atomic E-state index is -0.833. The molecule has 0 aliphatic heterocycles. The van der Waals surface area contributed by atoms with E-state index < -0.39 is 10.5 Å². The predicted molar refractivity (Wildman–Crippen MR) is 65.4 cm³/mol. The second-order valence-electron chi connectivity index (χ2n) is 4.62. The number of hydrogen-bond acceptors (Lipinski definition) is 5. The molecule has 0 aliphatic rings. The van der Waals surface area contributed by atoms with Crippen molar-refractivity contribution in [2.75, 3.05) is 6.61 Å². The number of rotatable bonds is 6. The van der Waals surface area contributed by atoms with E-state index in [-0.39, 0.29) is 18.9 Å². The minimum Gasteiger partial charge on any atom is -0.493 e. The van der Waals surface area contributed by atoms with Crippen LogP contribution in [0.1, 0.15) is 25.8 Å². The first-order chi connectivity index (χ1) is 8.33. The van der Waals surface area contributed by atoms with Gasteiger partial charge in [-0.1, -0.05) is 0 Å². The molecule has 0 spiro atoms. The molecule has 0 bridgehead atoms. The lowest BCUT2D eigenvalue weighted by Gasteiger charge is -2.17. The summed E-state index contributed by atoms with van der Waals surface area (Å²) in [5, 5.41) is 29.2. The number of aliphatic hydroxyl groups excluding tert-OH is 1. The van der Waals surface area contributed by atoms with E-state index in [0.717, 1.165) is 0 Å². The van der Waals surface area contributed by atoms with Gasteiger partial charge in [0.1, 0.15) is 5.75 Å². The normalized spacial score (nSPS) is 11.3. The topological polar surface area (TPSA) is 92.8 Å². The second kappa shape index (κ2) is 5.79. The fourth-order valence-corrected chi connectivity index (χ4v) is 1.35. The SMILES string of the molecule is CC(C)(O)CCOc1ccc([N+](=O)[O-])cc1CO. The predicted octanol–water partition coefficient (Wildman–Crippen LogP) is 1.63. The maximum Gasteiger partial charge on any atom is 0.270 e. The van der Waals surface area contributed by atoms with Gasteiger partial charge in [0.25, 0.3) is 5.69 Å². The second-order valence-corrected chi connectivity index (χ2v) is 4.62. The highest BCUT2D eigenvalue weighted by Gasteiger charge is 2.14. The van der Waals surface area contributed by atoms with Gasteiger partial charge < -0.3 is 14.9 Å². The van der Waals surface area contributed by atoms with Crippen LogP contribution < -0.4 is 4.74 Å². The number of nitro groups is 1. The van der Waals surface area contributed by atoms with Crippen molar-refractivity contribution in [3.63, 3.8) is 0 Å². The number of benzene rings is 1. The number of non-ortho nitro benzene ring substituents is 1. The first-order valence-electron chi connectivity index (χ1n) is 5.57. The Balaban J connectivity index is 2.74. The fourth-order valence-electron chi connectivity index (χ4n) is 1.35. The van der Waals surface area contributed by atoms with Gasteiger partial charge in [0.05, 0.1) is 23.7 Å². The van der Waals surface area contributed by atoms with Crippen molar-refractivity contribution in [2.45, 2.75) is 32.5 Å². The zero-order chi connectivity index (χ0) is 13.8. The number of nitro benzene ring substituents is 1. The van der Waals surface area contributed by atoms with Crippen LogP contribution in [0.5, 0.6) is 5.75 Å². The zero-order valence-electron chi connectivity index (χ0n) is 10.4. The van der Waals surface area contributed by atoms with Gasteiger partial charge in [-0.25, -0.2) is 0 Å². The van der Waals surface area contributed by atoms with Crippen molar-refractivity contribution < 1.29 is 19.9 Å². The molecular formula is C12H17NO5. The number of hydrogen-bond donors (Lipinski definition) is 2. The summed E-state index contributed by atoms with van der Waals surface area (Å²) in [4.78, 5) is 10.0. The lowest BCUT2D eigenvalue weighted by molar-refractivity contribution is -0.385. The summed E-state index contributed by atoms with van der Waals surface area (Å²) in [5.41, 5.74) is -0.561. The van der Waals surface area contributed by atoms with Crippen molar-refractivity contribution in [1.82, 2.24) is 0 Å². The summed E-state index contributed by atoms with van der Waals surface area (Å²) >= 11 is 0. The van der Waals surface area contributed by atoms with Crippen molar-refractivity contribution in [3.8, 4) is 5.75 Å². The highest BCUT2D eigenvalue weighted by atomic mass is 16.6. The first kappa shape index (κ1) is 14.4. The molecule has 6 heteroatoms. The standard InChI is InChI=1S/C12H17NO5/c1-12(2,15)5-6-18-11-4-3-10(13(16)17)7-9(11)8-14/h3-4,7,14-15H,5-6,8H2,1-2H3. The molecule has 0 radical (unpaired) electrons. The van der Waals surface area contributed by atoms with E-state index in [4.69, 9.17) is 9.84 Å². The quantitative estimate of drug-likeness (QED) is 0.595. The Bertz CT molecular complexity index is 425. The molecule has 2 N–H and O–H groups in total. The molecule has 0 amide bonds. The average molecular weight is 255 g/mol. The van der Waals surface area contributed by atoms with Crippen LogP contribution >= 0.6 is 0 Å². The maximum atomic E-state index is 10.6. The summed E-state index contributed by atoms with van der Waals surface area (Å²) in [6.45, 7) is 3.27. The Hall–Kier alpha value is -1.66. The maximum absolute atomic E-state index is 10.6. The number of aliphatic hydroxyl groups is 2. The Morgan fingerprint density at radius 1 is 1.44 bits per heavy atom. The van der Waals surface area contributed by atoms with Crippen molar-refractivity contribution in [1.29, 1.82) is 0 Å². The van der Waals surface area contributed by atoms with E-state index in [2.05, 4.69) is 0 Å². The molecule has 0 aromatic heterocycles. The van der Waals surface area contributed by atoms with Crippen LogP contribution in [0.3, 0.4) is 0 Å². The van der Waals surface area contributed by atoms with Gasteiger partial charge in [-0.05, 0) is 19.9 Å². The minimum absolute atomic E-state index is 0.0890.